The molecule has 0 aliphatic carbocycles. The van der Waals surface area contributed by atoms with E-state index in [1.165, 1.54) is 0 Å². The maximum Gasteiger partial charge on any atom is 0.172 e. The molecule has 1 heterocycles. The molecule has 0 radical (unpaired) electrons. The maximum absolute atomic E-state index is 10.7. The van der Waals surface area contributed by atoms with Gasteiger partial charge in [0.2, 0.25) is 0 Å². The van der Waals surface area contributed by atoms with Crippen molar-refractivity contribution in [2.45, 2.75) is 46.1 Å². The van der Waals surface area contributed by atoms with Gasteiger partial charge in [-0.1, -0.05) is 18.6 Å². The molecule has 0 saturated heterocycles. The van der Waals surface area contributed by atoms with Gasteiger partial charge in [-0.3, -0.25) is 4.79 Å². The van der Waals surface area contributed by atoms with E-state index in [4.69, 9.17) is 0 Å². The van der Waals surface area contributed by atoms with Crippen LogP contribution in [-0.4, -0.2) is 21.3 Å². The summed E-state index contributed by atoms with van der Waals surface area (Å²) in [4.78, 5) is 10.7. The normalized spacial score (nSPS) is 10.9. The lowest BCUT2D eigenvalue weighted by Gasteiger charge is -2.09. The van der Waals surface area contributed by atoms with E-state index in [1.54, 1.807) is 0 Å². The second kappa shape index (κ2) is 4.88. The van der Waals surface area contributed by atoms with E-state index in [-0.39, 0.29) is 6.04 Å². The Morgan fingerprint density at radius 3 is 2.71 bits per heavy atom. The molecule has 0 unspecified atom stereocenters. The monoisotopic (exact) mass is 195 g/mol. The fourth-order valence-corrected chi connectivity index (χ4v) is 1.42. The summed E-state index contributed by atoms with van der Waals surface area (Å²) >= 11 is 0. The smallest absolute Gasteiger partial charge is 0.172 e. The summed E-state index contributed by atoms with van der Waals surface area (Å²) in [6.45, 7) is 6.21. The maximum atomic E-state index is 10.7. The molecule has 0 bridgehead atoms. The number of aromatic nitrogens is 3. The highest BCUT2D eigenvalue weighted by Crippen LogP contribution is 2.12. The Balaban J connectivity index is 2.93. The number of hydrogen-bond donors (Lipinski definition) is 0. The Bertz CT molecular complexity index is 304. The van der Waals surface area contributed by atoms with Gasteiger partial charge in [0.15, 0.2) is 6.29 Å². The zero-order valence-corrected chi connectivity index (χ0v) is 9.03. The van der Waals surface area contributed by atoms with Crippen LogP contribution in [0.3, 0.4) is 0 Å². The molecule has 0 fully saturated rings. The first-order valence-corrected chi connectivity index (χ1v) is 5.10. The van der Waals surface area contributed by atoms with Gasteiger partial charge < -0.3 is 0 Å². The van der Waals surface area contributed by atoms with Crippen LogP contribution < -0.4 is 0 Å². The third-order valence-corrected chi connectivity index (χ3v) is 2.19. The lowest BCUT2D eigenvalue weighted by molar-refractivity contribution is 0.111. The fraction of sp³-hybridized carbons (Fsp3) is 0.700. The zero-order chi connectivity index (χ0) is 10.6. The van der Waals surface area contributed by atoms with Crippen molar-refractivity contribution in [2.24, 2.45) is 0 Å². The molecule has 4 heteroatoms. The summed E-state index contributed by atoms with van der Waals surface area (Å²) in [6, 6.07) is 0.267. The molecule has 0 amide bonds. The lowest BCUT2D eigenvalue weighted by atomic mass is 10.1. The summed E-state index contributed by atoms with van der Waals surface area (Å²) in [5, 5.41) is 7.83. The molecule has 0 aromatic carbocycles. The Labute approximate surface area is 84.3 Å². The lowest BCUT2D eigenvalue weighted by Crippen LogP contribution is -2.08. The molecule has 0 spiro atoms. The Morgan fingerprint density at radius 1 is 1.50 bits per heavy atom. The van der Waals surface area contributed by atoms with Gasteiger partial charge >= 0.3 is 0 Å². The van der Waals surface area contributed by atoms with Crippen molar-refractivity contribution in [2.75, 3.05) is 0 Å². The number of hydrogen-bond acceptors (Lipinski definition) is 3. The van der Waals surface area contributed by atoms with Crippen LogP contribution in [0, 0.1) is 0 Å². The second-order valence-electron chi connectivity index (χ2n) is 3.68. The van der Waals surface area contributed by atoms with Crippen LogP contribution >= 0.6 is 0 Å². The molecule has 4 nitrogen and oxygen atoms in total. The van der Waals surface area contributed by atoms with Crippen molar-refractivity contribution in [3.05, 3.63) is 11.4 Å². The largest absolute Gasteiger partial charge is 0.296 e. The van der Waals surface area contributed by atoms with Gasteiger partial charge in [0.1, 0.15) is 5.69 Å². The van der Waals surface area contributed by atoms with Gasteiger partial charge in [-0.2, -0.15) is 0 Å². The van der Waals surface area contributed by atoms with Crippen LogP contribution in [-0.2, 0) is 6.42 Å². The van der Waals surface area contributed by atoms with Crippen molar-refractivity contribution in [3.63, 3.8) is 0 Å². The van der Waals surface area contributed by atoms with E-state index in [0.717, 1.165) is 31.2 Å². The fourth-order valence-electron chi connectivity index (χ4n) is 1.42. The summed E-state index contributed by atoms with van der Waals surface area (Å²) in [5.41, 5.74) is 1.46. The number of carbonyl (C=O) groups excluding carboxylic acids is 1. The Morgan fingerprint density at radius 2 is 2.21 bits per heavy atom. The van der Waals surface area contributed by atoms with Gasteiger partial charge in [0.25, 0.3) is 0 Å². The van der Waals surface area contributed by atoms with Crippen LogP contribution in [0.1, 0.15) is 55.8 Å². The first kappa shape index (κ1) is 10.9. The van der Waals surface area contributed by atoms with Gasteiger partial charge in [-0.15, -0.1) is 5.10 Å². The van der Waals surface area contributed by atoms with Crippen LogP contribution in [0.25, 0.3) is 0 Å². The predicted octanol–water partition coefficient (Wildman–Crippen LogP) is 2.01. The molecule has 1 rings (SSSR count). The minimum atomic E-state index is 0.267. The first-order valence-electron chi connectivity index (χ1n) is 5.10. The molecule has 0 atom stereocenters. The number of rotatable bonds is 5. The third-order valence-electron chi connectivity index (χ3n) is 2.19. The number of aldehydes is 1. The minimum absolute atomic E-state index is 0.267. The van der Waals surface area contributed by atoms with Crippen molar-refractivity contribution in [3.8, 4) is 0 Å². The SMILES string of the molecule is CCCCc1c(C=O)nnn1C(C)C. The van der Waals surface area contributed by atoms with Gasteiger partial charge in [-0.25, -0.2) is 4.68 Å². The highest BCUT2D eigenvalue weighted by atomic mass is 16.1. The summed E-state index contributed by atoms with van der Waals surface area (Å²) in [5.74, 6) is 0. The molecule has 0 aliphatic rings. The van der Waals surface area contributed by atoms with Gasteiger partial charge in [0, 0.05) is 6.04 Å². The van der Waals surface area contributed by atoms with E-state index in [9.17, 15) is 4.79 Å². The quantitative estimate of drug-likeness (QED) is 0.675. The molecule has 0 aliphatic heterocycles. The van der Waals surface area contributed by atoms with Crippen LogP contribution in [0.5, 0.6) is 0 Å². The zero-order valence-electron chi connectivity index (χ0n) is 9.03. The molecular formula is C10H17N3O. The predicted molar refractivity (Wildman–Crippen MR) is 54.4 cm³/mol. The molecule has 0 saturated carbocycles. The number of unbranched alkanes of at least 4 members (excludes halogenated alkanes) is 1. The molecule has 14 heavy (non-hydrogen) atoms. The molecule has 1 aromatic rings. The van der Waals surface area contributed by atoms with E-state index in [2.05, 4.69) is 17.2 Å². The van der Waals surface area contributed by atoms with Crippen molar-refractivity contribution in [1.29, 1.82) is 0 Å². The number of nitrogens with zero attached hydrogens (tertiary/aromatic N) is 3. The Hall–Kier alpha value is -1.19. The second-order valence-corrected chi connectivity index (χ2v) is 3.68. The van der Waals surface area contributed by atoms with Gasteiger partial charge in [0.05, 0.1) is 5.69 Å². The molecular weight excluding hydrogens is 178 g/mol. The van der Waals surface area contributed by atoms with Crippen molar-refractivity contribution < 1.29 is 4.79 Å². The van der Waals surface area contributed by atoms with Gasteiger partial charge in [-0.05, 0) is 26.7 Å². The van der Waals surface area contributed by atoms with Crippen LogP contribution in [0.2, 0.25) is 0 Å². The minimum Gasteiger partial charge on any atom is -0.296 e. The Kier molecular flexibility index (Phi) is 3.80. The molecule has 1 aromatic heterocycles. The highest BCUT2D eigenvalue weighted by molar-refractivity contribution is 5.73. The van der Waals surface area contributed by atoms with Crippen LogP contribution in [0.15, 0.2) is 0 Å². The van der Waals surface area contributed by atoms with Crippen LogP contribution in [0.4, 0.5) is 0 Å². The van der Waals surface area contributed by atoms with Crippen molar-refractivity contribution in [1.82, 2.24) is 15.0 Å². The topological polar surface area (TPSA) is 47.8 Å². The summed E-state index contributed by atoms with van der Waals surface area (Å²) in [6.07, 6.45) is 3.86. The highest BCUT2D eigenvalue weighted by Gasteiger charge is 2.13. The average molecular weight is 195 g/mol. The summed E-state index contributed by atoms with van der Waals surface area (Å²) in [7, 11) is 0. The molecule has 78 valence electrons. The van der Waals surface area contributed by atoms with E-state index in [1.807, 2.05) is 18.5 Å². The van der Waals surface area contributed by atoms with Crippen molar-refractivity contribution >= 4 is 6.29 Å². The van der Waals surface area contributed by atoms with E-state index < -0.39 is 0 Å². The third kappa shape index (κ3) is 2.19. The first-order chi connectivity index (χ1) is 6.70. The van der Waals surface area contributed by atoms with E-state index in [0.29, 0.717) is 5.69 Å². The average Bonchev–Trinajstić information content (AvgIpc) is 2.57. The number of carbonyl (C=O) groups is 1. The van der Waals surface area contributed by atoms with E-state index >= 15 is 0 Å². The standard InChI is InChI=1S/C10H17N3O/c1-4-5-6-10-9(7-14)11-12-13(10)8(2)3/h7-8H,4-6H2,1-3H3. The molecule has 0 N–H and O–H groups in total. The summed E-state index contributed by atoms with van der Waals surface area (Å²) < 4.78 is 1.83.